The van der Waals surface area contributed by atoms with Crippen LogP contribution in [-0.4, -0.2) is 16.9 Å². The van der Waals surface area contributed by atoms with E-state index in [0.717, 1.165) is 21.5 Å². The van der Waals surface area contributed by atoms with Gasteiger partial charge in [0.15, 0.2) is 0 Å². The standard InChI is InChI=1S/C12H12BrNO2/c13-11-6-2-1-5-10(11)12-8-9(16-14-12)4-3-7-15/h1-2,5-6,8,15H,3-4,7H2. The number of aliphatic hydroxyl groups excluding tert-OH is 1. The van der Waals surface area contributed by atoms with Crippen molar-refractivity contribution in [3.63, 3.8) is 0 Å². The van der Waals surface area contributed by atoms with Crippen molar-refractivity contribution in [3.05, 3.63) is 40.6 Å². The number of hydrogen-bond acceptors (Lipinski definition) is 3. The lowest BCUT2D eigenvalue weighted by atomic mass is 10.1. The minimum Gasteiger partial charge on any atom is -0.396 e. The monoisotopic (exact) mass is 281 g/mol. The molecule has 0 spiro atoms. The lowest BCUT2D eigenvalue weighted by Crippen LogP contribution is -1.86. The minimum atomic E-state index is 0.172. The first kappa shape index (κ1) is 11.4. The first-order valence-electron chi connectivity index (χ1n) is 5.12. The molecule has 1 N–H and O–H groups in total. The van der Waals surface area contributed by atoms with E-state index in [1.807, 2.05) is 30.3 Å². The Hall–Kier alpha value is -1.13. The zero-order valence-corrected chi connectivity index (χ0v) is 10.3. The highest BCUT2D eigenvalue weighted by Crippen LogP contribution is 2.27. The molecular weight excluding hydrogens is 270 g/mol. The van der Waals surface area contributed by atoms with Gasteiger partial charge in [0.2, 0.25) is 0 Å². The average Bonchev–Trinajstić information content (AvgIpc) is 2.75. The second-order valence-corrected chi connectivity index (χ2v) is 4.34. The van der Waals surface area contributed by atoms with Crippen molar-refractivity contribution in [3.8, 4) is 11.3 Å². The summed E-state index contributed by atoms with van der Waals surface area (Å²) in [6.07, 6.45) is 1.42. The van der Waals surface area contributed by atoms with Crippen molar-refractivity contribution in [2.24, 2.45) is 0 Å². The van der Waals surface area contributed by atoms with Crippen LogP contribution in [0.5, 0.6) is 0 Å². The third-order valence-corrected chi connectivity index (χ3v) is 2.98. The van der Waals surface area contributed by atoms with Crippen LogP contribution in [0.15, 0.2) is 39.3 Å². The lowest BCUT2D eigenvalue weighted by Gasteiger charge is -1.97. The molecule has 1 aromatic carbocycles. The van der Waals surface area contributed by atoms with Gasteiger partial charge in [-0.25, -0.2) is 0 Å². The van der Waals surface area contributed by atoms with Gasteiger partial charge >= 0.3 is 0 Å². The van der Waals surface area contributed by atoms with Crippen LogP contribution in [0.25, 0.3) is 11.3 Å². The molecule has 0 aliphatic rings. The fourth-order valence-corrected chi connectivity index (χ4v) is 1.97. The highest BCUT2D eigenvalue weighted by molar-refractivity contribution is 9.10. The van der Waals surface area contributed by atoms with E-state index in [2.05, 4.69) is 21.1 Å². The van der Waals surface area contributed by atoms with Gasteiger partial charge in [0.25, 0.3) is 0 Å². The van der Waals surface area contributed by atoms with Crippen molar-refractivity contribution >= 4 is 15.9 Å². The molecule has 0 radical (unpaired) electrons. The summed E-state index contributed by atoms with van der Waals surface area (Å²) in [5, 5.41) is 12.7. The number of aliphatic hydroxyl groups is 1. The molecule has 1 aromatic heterocycles. The van der Waals surface area contributed by atoms with Crippen LogP contribution in [0.2, 0.25) is 0 Å². The van der Waals surface area contributed by atoms with Gasteiger partial charge in [-0.1, -0.05) is 39.3 Å². The minimum absolute atomic E-state index is 0.172. The van der Waals surface area contributed by atoms with Crippen LogP contribution >= 0.6 is 15.9 Å². The highest BCUT2D eigenvalue weighted by atomic mass is 79.9. The Bertz CT molecular complexity index is 468. The number of rotatable bonds is 4. The molecule has 0 unspecified atom stereocenters. The van der Waals surface area contributed by atoms with Crippen molar-refractivity contribution in [1.82, 2.24) is 5.16 Å². The largest absolute Gasteiger partial charge is 0.396 e. The maximum Gasteiger partial charge on any atom is 0.137 e. The zero-order valence-electron chi connectivity index (χ0n) is 8.69. The molecule has 0 aliphatic carbocycles. The normalized spacial score (nSPS) is 10.6. The third kappa shape index (κ3) is 2.51. The Balaban J connectivity index is 2.22. The van der Waals surface area contributed by atoms with Gasteiger partial charge in [0.05, 0.1) is 0 Å². The van der Waals surface area contributed by atoms with Gasteiger partial charge in [0.1, 0.15) is 11.5 Å². The summed E-state index contributed by atoms with van der Waals surface area (Å²) in [6, 6.07) is 9.79. The third-order valence-electron chi connectivity index (χ3n) is 2.29. The molecule has 0 fully saturated rings. The summed E-state index contributed by atoms with van der Waals surface area (Å²) < 4.78 is 6.19. The van der Waals surface area contributed by atoms with E-state index in [-0.39, 0.29) is 6.61 Å². The fraction of sp³-hybridized carbons (Fsp3) is 0.250. The second-order valence-electron chi connectivity index (χ2n) is 3.49. The quantitative estimate of drug-likeness (QED) is 0.937. The predicted octanol–water partition coefficient (Wildman–Crippen LogP) is 3.03. The van der Waals surface area contributed by atoms with Gasteiger partial charge in [-0.2, -0.15) is 0 Å². The Morgan fingerprint density at radius 3 is 2.88 bits per heavy atom. The topological polar surface area (TPSA) is 46.3 Å². The summed E-state index contributed by atoms with van der Waals surface area (Å²) in [4.78, 5) is 0. The smallest absolute Gasteiger partial charge is 0.137 e. The molecule has 4 heteroatoms. The summed E-state index contributed by atoms with van der Waals surface area (Å²) in [5.41, 5.74) is 1.84. The predicted molar refractivity (Wildman–Crippen MR) is 65.0 cm³/mol. The molecule has 0 amide bonds. The molecule has 2 rings (SSSR count). The number of nitrogens with zero attached hydrogens (tertiary/aromatic N) is 1. The summed E-state index contributed by atoms with van der Waals surface area (Å²) in [7, 11) is 0. The van der Waals surface area contributed by atoms with E-state index in [1.54, 1.807) is 0 Å². The number of benzene rings is 1. The van der Waals surface area contributed by atoms with Gasteiger partial charge < -0.3 is 9.63 Å². The van der Waals surface area contributed by atoms with E-state index in [4.69, 9.17) is 9.63 Å². The van der Waals surface area contributed by atoms with Crippen molar-refractivity contribution < 1.29 is 9.63 Å². The van der Waals surface area contributed by atoms with Gasteiger partial charge in [-0.15, -0.1) is 0 Å². The molecule has 0 saturated heterocycles. The van der Waals surface area contributed by atoms with Crippen molar-refractivity contribution in [2.75, 3.05) is 6.61 Å². The van der Waals surface area contributed by atoms with Crippen molar-refractivity contribution in [2.45, 2.75) is 12.8 Å². The van der Waals surface area contributed by atoms with Gasteiger partial charge in [-0.3, -0.25) is 0 Å². The van der Waals surface area contributed by atoms with Crippen LogP contribution in [0.4, 0.5) is 0 Å². The molecule has 3 nitrogen and oxygen atoms in total. The summed E-state index contributed by atoms with van der Waals surface area (Å²) in [6.45, 7) is 0.172. The first-order valence-corrected chi connectivity index (χ1v) is 5.92. The Kier molecular flexibility index (Phi) is 3.74. The van der Waals surface area contributed by atoms with E-state index in [0.29, 0.717) is 12.8 Å². The van der Waals surface area contributed by atoms with E-state index in [9.17, 15) is 0 Å². The lowest BCUT2D eigenvalue weighted by molar-refractivity contribution is 0.280. The van der Waals surface area contributed by atoms with Crippen LogP contribution in [0.1, 0.15) is 12.2 Å². The molecule has 0 bridgehead atoms. The maximum absolute atomic E-state index is 8.73. The average molecular weight is 282 g/mol. The molecule has 0 saturated carbocycles. The van der Waals surface area contributed by atoms with Crippen LogP contribution < -0.4 is 0 Å². The van der Waals surface area contributed by atoms with Crippen LogP contribution in [0.3, 0.4) is 0 Å². The Labute approximate surface area is 102 Å². The number of aryl methyl sites for hydroxylation is 1. The van der Waals surface area contributed by atoms with E-state index < -0.39 is 0 Å². The number of hydrogen-bond donors (Lipinski definition) is 1. The fourth-order valence-electron chi connectivity index (χ4n) is 1.48. The Morgan fingerprint density at radius 2 is 2.12 bits per heavy atom. The van der Waals surface area contributed by atoms with Gasteiger partial charge in [0, 0.05) is 29.1 Å². The molecule has 0 atom stereocenters. The molecule has 84 valence electrons. The number of halogens is 1. The summed E-state index contributed by atoms with van der Waals surface area (Å²) in [5.74, 6) is 0.805. The first-order chi connectivity index (χ1) is 7.81. The highest BCUT2D eigenvalue weighted by Gasteiger charge is 2.08. The molecular formula is C12H12BrNO2. The SMILES string of the molecule is OCCCc1cc(-c2ccccc2Br)no1. The second kappa shape index (κ2) is 5.27. The molecule has 1 heterocycles. The molecule has 16 heavy (non-hydrogen) atoms. The maximum atomic E-state index is 8.73. The van der Waals surface area contributed by atoms with E-state index >= 15 is 0 Å². The van der Waals surface area contributed by atoms with Crippen LogP contribution in [0, 0.1) is 0 Å². The molecule has 2 aromatic rings. The van der Waals surface area contributed by atoms with Crippen molar-refractivity contribution in [1.29, 1.82) is 0 Å². The van der Waals surface area contributed by atoms with Crippen LogP contribution in [-0.2, 0) is 6.42 Å². The molecule has 0 aliphatic heterocycles. The van der Waals surface area contributed by atoms with E-state index in [1.165, 1.54) is 0 Å². The zero-order chi connectivity index (χ0) is 11.4. The summed E-state index contributed by atoms with van der Waals surface area (Å²) >= 11 is 3.47. The van der Waals surface area contributed by atoms with Gasteiger partial charge in [-0.05, 0) is 12.5 Å². The number of aromatic nitrogens is 1. The Morgan fingerprint density at radius 1 is 1.31 bits per heavy atom.